The number of anilines is 1. The van der Waals surface area contributed by atoms with Gasteiger partial charge < -0.3 is 9.84 Å². The van der Waals surface area contributed by atoms with Gasteiger partial charge in [0.25, 0.3) is 11.8 Å². The molecule has 1 fully saturated rings. The smallest absolute Gasteiger partial charge is 0.433 e. The predicted molar refractivity (Wildman–Crippen MR) is 150 cm³/mol. The minimum absolute atomic E-state index is 0.0107. The molecule has 1 N–H and O–H groups in total. The highest BCUT2D eigenvalue weighted by molar-refractivity contribution is 6.33. The average molecular weight is 628 g/mol. The van der Waals surface area contributed by atoms with Gasteiger partial charge in [0.15, 0.2) is 17.4 Å². The van der Waals surface area contributed by atoms with Crippen molar-refractivity contribution in [1.29, 1.82) is 0 Å². The van der Waals surface area contributed by atoms with Crippen LogP contribution in [0.2, 0.25) is 5.02 Å². The number of pyridine rings is 1. The molecule has 0 radical (unpaired) electrons. The van der Waals surface area contributed by atoms with Crippen molar-refractivity contribution in [2.75, 3.05) is 19.2 Å². The number of hydrogen-bond acceptors (Lipinski definition) is 8. The Balaban J connectivity index is 1.44. The lowest BCUT2D eigenvalue weighted by Gasteiger charge is -2.42. The molecule has 0 spiro atoms. The first-order valence-electron chi connectivity index (χ1n) is 13.7. The van der Waals surface area contributed by atoms with E-state index in [2.05, 4.69) is 4.98 Å². The molecular weight excluding hydrogens is 603 g/mol. The van der Waals surface area contributed by atoms with Crippen molar-refractivity contribution in [3.8, 4) is 11.5 Å². The van der Waals surface area contributed by atoms with Gasteiger partial charge >= 0.3 is 6.18 Å². The van der Waals surface area contributed by atoms with Gasteiger partial charge in [-0.2, -0.15) is 18.2 Å². The van der Waals surface area contributed by atoms with Gasteiger partial charge in [-0.25, -0.2) is 4.98 Å². The van der Waals surface area contributed by atoms with Gasteiger partial charge in [-0.15, -0.1) is 0 Å². The molecule has 2 aromatic rings. The summed E-state index contributed by atoms with van der Waals surface area (Å²) in [6, 6.07) is 6.27. The summed E-state index contributed by atoms with van der Waals surface area (Å²) in [5.74, 6) is -5.85. The molecule has 4 aliphatic rings. The average Bonchev–Trinajstić information content (AvgIpc) is 3.23. The number of aromatic nitrogens is 1. The molecule has 9 nitrogen and oxygen atoms in total. The third-order valence-corrected chi connectivity index (χ3v) is 9.11. The van der Waals surface area contributed by atoms with Gasteiger partial charge in [-0.3, -0.25) is 24.2 Å². The molecule has 13 heteroatoms. The van der Waals surface area contributed by atoms with E-state index in [-0.39, 0.29) is 46.1 Å². The summed E-state index contributed by atoms with van der Waals surface area (Å²) < 4.78 is 45.5. The van der Waals surface area contributed by atoms with Crippen molar-refractivity contribution in [3.05, 3.63) is 81.1 Å². The molecule has 1 aromatic carbocycles. The van der Waals surface area contributed by atoms with Crippen molar-refractivity contribution < 1.29 is 42.2 Å². The van der Waals surface area contributed by atoms with Gasteiger partial charge in [0.05, 0.1) is 24.0 Å². The van der Waals surface area contributed by atoms with Crippen LogP contribution in [0.3, 0.4) is 0 Å². The lowest BCUT2D eigenvalue weighted by atomic mass is 9.59. The number of benzene rings is 1. The number of phenols is 1. The highest BCUT2D eigenvalue weighted by Gasteiger charge is 2.58. The van der Waals surface area contributed by atoms with E-state index in [9.17, 15) is 37.5 Å². The molecule has 4 atom stereocenters. The number of rotatable bonds is 4. The second kappa shape index (κ2) is 10.3. The Morgan fingerprint density at radius 1 is 1.09 bits per heavy atom. The number of carbonyl (C=O) groups is 4. The van der Waals surface area contributed by atoms with E-state index in [0.717, 1.165) is 16.1 Å². The summed E-state index contributed by atoms with van der Waals surface area (Å²) in [5.41, 5.74) is 0.323. The normalized spacial score (nSPS) is 24.9. The SMILES string of the molecule is COc1ccc([C@H]2C3=CC[C@@H]4C(=O)N(N(C)c5nc(C(F)(F)F)ccc5Cl)C(=O)[C@@H]4[C@@H]3CC3=C2C(=O)C(C)=CC3=O)c(O)c1. The number of alkyl halides is 3. The number of ether oxygens (including phenoxy) is 1. The van der Waals surface area contributed by atoms with Crippen LogP contribution in [0.4, 0.5) is 19.0 Å². The lowest BCUT2D eigenvalue weighted by Crippen LogP contribution is -2.46. The maximum atomic E-state index is 14.1. The Kier molecular flexibility index (Phi) is 6.95. The fourth-order valence-corrected chi connectivity index (χ4v) is 7.03. The van der Waals surface area contributed by atoms with Crippen LogP contribution in [-0.2, 0) is 25.4 Å². The number of fused-ring (bicyclic) bond motifs is 3. The van der Waals surface area contributed by atoms with E-state index in [1.165, 1.54) is 33.2 Å². The summed E-state index contributed by atoms with van der Waals surface area (Å²) in [5, 5.41) is 12.5. The standard InChI is InChI=1S/C31H25ClF3N3O6/c1-13-10-21(39)19-12-18-15(24(26(19)27(13)41)16-5-4-14(44-3)11-22(16)40)6-7-17-25(18)30(43)38(29(17)42)37(2)28-20(32)8-9-23(36-28)31(33,34)35/h4-6,8-11,17-18,24-25,40H,7,12H2,1-3H3/t17-,18+,24+,25-/m0/s1. The lowest BCUT2D eigenvalue weighted by molar-refractivity contribution is -0.141. The molecule has 3 aliphatic carbocycles. The van der Waals surface area contributed by atoms with Crippen LogP contribution in [0.1, 0.15) is 36.9 Å². The first kappa shape index (κ1) is 29.6. The summed E-state index contributed by atoms with van der Waals surface area (Å²) >= 11 is 6.18. The number of halogens is 4. The number of hydrazine groups is 1. The number of carbonyl (C=O) groups excluding carboxylic acids is 4. The largest absolute Gasteiger partial charge is 0.507 e. The number of phenolic OH excluding ortho intramolecular Hbond substituents is 1. The molecular formula is C31H25ClF3N3O6. The second-order valence-electron chi connectivity index (χ2n) is 11.2. The third kappa shape index (κ3) is 4.42. The summed E-state index contributed by atoms with van der Waals surface area (Å²) in [7, 11) is 2.66. The molecule has 1 aliphatic heterocycles. The Morgan fingerprint density at radius 2 is 1.82 bits per heavy atom. The van der Waals surface area contributed by atoms with Gasteiger partial charge in [0, 0.05) is 41.3 Å². The topological polar surface area (TPSA) is 117 Å². The minimum Gasteiger partial charge on any atom is -0.507 e. The van der Waals surface area contributed by atoms with Crippen molar-refractivity contribution in [2.45, 2.75) is 31.9 Å². The van der Waals surface area contributed by atoms with Gasteiger partial charge in [-0.05, 0) is 50.0 Å². The summed E-state index contributed by atoms with van der Waals surface area (Å²) in [4.78, 5) is 58.2. The molecule has 0 bridgehead atoms. The first-order chi connectivity index (χ1) is 20.7. The highest BCUT2D eigenvalue weighted by atomic mass is 35.5. The highest BCUT2D eigenvalue weighted by Crippen LogP contribution is 2.56. The van der Waals surface area contributed by atoms with Crippen LogP contribution in [0.25, 0.3) is 0 Å². The van der Waals surface area contributed by atoms with E-state index >= 15 is 0 Å². The molecule has 2 heterocycles. The number of imide groups is 1. The van der Waals surface area contributed by atoms with Crippen LogP contribution in [0, 0.1) is 17.8 Å². The maximum Gasteiger partial charge on any atom is 0.433 e. The molecule has 0 saturated carbocycles. The van der Waals surface area contributed by atoms with Gasteiger partial charge in [0.2, 0.25) is 0 Å². The molecule has 44 heavy (non-hydrogen) atoms. The zero-order valence-corrected chi connectivity index (χ0v) is 24.4. The Hall–Kier alpha value is -4.45. The number of methoxy groups -OCH3 is 1. The van der Waals surface area contributed by atoms with Crippen LogP contribution >= 0.6 is 11.6 Å². The van der Waals surface area contributed by atoms with Crippen molar-refractivity contribution in [1.82, 2.24) is 9.99 Å². The van der Waals surface area contributed by atoms with E-state index in [4.69, 9.17) is 16.3 Å². The maximum absolute atomic E-state index is 14.1. The second-order valence-corrected chi connectivity index (χ2v) is 11.6. The number of allylic oxidation sites excluding steroid dienone is 6. The van der Waals surface area contributed by atoms with E-state index in [1.807, 2.05) is 0 Å². The molecule has 1 saturated heterocycles. The minimum atomic E-state index is -4.79. The monoisotopic (exact) mass is 627 g/mol. The van der Waals surface area contributed by atoms with E-state index in [1.54, 1.807) is 18.2 Å². The fraction of sp³-hybridized carbons (Fsp3) is 0.323. The quantitative estimate of drug-likeness (QED) is 0.288. The Morgan fingerprint density at radius 3 is 2.48 bits per heavy atom. The van der Waals surface area contributed by atoms with Crippen LogP contribution in [-0.4, -0.2) is 52.6 Å². The van der Waals surface area contributed by atoms with Gasteiger partial charge in [-0.1, -0.05) is 29.3 Å². The van der Waals surface area contributed by atoms with E-state index < -0.39 is 59.0 Å². The molecule has 228 valence electrons. The Bertz CT molecular complexity index is 1760. The summed E-state index contributed by atoms with van der Waals surface area (Å²) in [6.45, 7) is 1.53. The third-order valence-electron chi connectivity index (χ3n) is 8.81. The number of ketones is 2. The molecule has 1 aromatic heterocycles. The van der Waals surface area contributed by atoms with Crippen molar-refractivity contribution in [2.24, 2.45) is 17.8 Å². The predicted octanol–water partition coefficient (Wildman–Crippen LogP) is 4.95. The molecule has 2 amide bonds. The van der Waals surface area contributed by atoms with Crippen LogP contribution < -0.4 is 9.75 Å². The van der Waals surface area contributed by atoms with Crippen molar-refractivity contribution >= 4 is 40.8 Å². The van der Waals surface area contributed by atoms with Gasteiger partial charge in [0.1, 0.15) is 17.2 Å². The Labute approximate surface area is 254 Å². The van der Waals surface area contributed by atoms with Crippen LogP contribution in [0.5, 0.6) is 11.5 Å². The first-order valence-corrected chi connectivity index (χ1v) is 14.0. The van der Waals surface area contributed by atoms with Crippen LogP contribution in [0.15, 0.2) is 64.8 Å². The van der Waals surface area contributed by atoms with E-state index in [0.29, 0.717) is 23.0 Å². The number of hydrogen-bond donors (Lipinski definition) is 1. The number of amides is 2. The fourth-order valence-electron chi connectivity index (χ4n) is 6.80. The molecule has 6 rings (SSSR count). The zero-order chi connectivity index (χ0) is 31.8. The zero-order valence-electron chi connectivity index (χ0n) is 23.6. The number of nitrogens with zero attached hydrogens (tertiary/aromatic N) is 3. The molecule has 0 unspecified atom stereocenters. The number of aromatic hydroxyl groups is 1. The summed E-state index contributed by atoms with van der Waals surface area (Å²) in [6.07, 6.45) is -1.71. The van der Waals surface area contributed by atoms with Crippen molar-refractivity contribution in [3.63, 3.8) is 0 Å². The number of Topliss-reactive ketones (excluding diaryl/α,β-unsaturated/α-hetero) is 1.